The van der Waals surface area contributed by atoms with Crippen LogP contribution in [0.25, 0.3) is 0 Å². The topological polar surface area (TPSA) is 46.2 Å². The van der Waals surface area contributed by atoms with Crippen molar-refractivity contribution in [3.05, 3.63) is 34.9 Å². The second kappa shape index (κ2) is 4.52. The van der Waals surface area contributed by atoms with Crippen LogP contribution >= 0.6 is 11.6 Å². The maximum absolute atomic E-state index is 10.0. The van der Waals surface area contributed by atoms with E-state index in [-0.39, 0.29) is 6.04 Å². The van der Waals surface area contributed by atoms with E-state index in [1.165, 1.54) is 6.42 Å². The third-order valence-corrected chi connectivity index (χ3v) is 3.51. The number of hydrogen-bond donors (Lipinski definition) is 2. The van der Waals surface area contributed by atoms with Crippen LogP contribution in [-0.4, -0.2) is 11.2 Å². The number of nitrogens with two attached hydrogens (primary N) is 1. The van der Waals surface area contributed by atoms with Crippen LogP contribution in [0.5, 0.6) is 0 Å². The molecule has 1 aromatic rings. The lowest BCUT2D eigenvalue weighted by Gasteiger charge is -2.33. The molecule has 0 spiro atoms. The van der Waals surface area contributed by atoms with Crippen molar-refractivity contribution in [3.63, 3.8) is 0 Å². The molecule has 0 heterocycles. The number of rotatable bonds is 3. The van der Waals surface area contributed by atoms with E-state index >= 15 is 0 Å². The highest BCUT2D eigenvalue weighted by Gasteiger charge is 2.30. The van der Waals surface area contributed by atoms with Crippen LogP contribution < -0.4 is 5.73 Å². The summed E-state index contributed by atoms with van der Waals surface area (Å²) in [7, 11) is 0. The summed E-state index contributed by atoms with van der Waals surface area (Å²) in [6, 6.07) is 7.10. The molecule has 82 valence electrons. The molecular formula is C12H16ClNO. The molecule has 2 rings (SSSR count). The van der Waals surface area contributed by atoms with Crippen molar-refractivity contribution >= 4 is 11.6 Å². The lowest BCUT2D eigenvalue weighted by molar-refractivity contribution is 0.0414. The molecule has 3 N–H and O–H groups in total. The number of aliphatic hydroxyl groups excluding tert-OH is 1. The van der Waals surface area contributed by atoms with Gasteiger partial charge in [-0.3, -0.25) is 0 Å². The maximum atomic E-state index is 10.0. The normalized spacial score (nSPS) is 20.7. The first-order valence-corrected chi connectivity index (χ1v) is 5.75. The summed E-state index contributed by atoms with van der Waals surface area (Å²) in [4.78, 5) is 0. The van der Waals surface area contributed by atoms with Gasteiger partial charge in [0.2, 0.25) is 0 Å². The molecule has 1 fully saturated rings. The second-order valence-corrected chi connectivity index (χ2v) is 4.70. The minimum atomic E-state index is -0.417. The van der Waals surface area contributed by atoms with Crippen molar-refractivity contribution in [2.24, 2.45) is 11.7 Å². The molecule has 1 saturated carbocycles. The molecule has 1 aliphatic rings. The third kappa shape index (κ3) is 2.33. The lowest BCUT2D eigenvalue weighted by atomic mass is 9.77. The second-order valence-electron chi connectivity index (χ2n) is 4.26. The van der Waals surface area contributed by atoms with Crippen LogP contribution in [0.4, 0.5) is 0 Å². The zero-order valence-corrected chi connectivity index (χ0v) is 9.32. The fraction of sp³-hybridized carbons (Fsp3) is 0.500. The number of halogens is 1. The van der Waals surface area contributed by atoms with E-state index in [9.17, 15) is 5.11 Å². The summed E-state index contributed by atoms with van der Waals surface area (Å²) in [5, 5.41) is 10.7. The largest absolute Gasteiger partial charge is 0.391 e. The Balaban J connectivity index is 2.05. The minimum Gasteiger partial charge on any atom is -0.391 e. The molecule has 0 bridgehead atoms. The minimum absolute atomic E-state index is 0.285. The summed E-state index contributed by atoms with van der Waals surface area (Å²) in [5.74, 6) is 0.385. The van der Waals surface area contributed by atoms with Gasteiger partial charge in [-0.1, -0.05) is 30.2 Å². The maximum Gasteiger partial charge on any atom is 0.0760 e. The van der Waals surface area contributed by atoms with Gasteiger partial charge in [-0.2, -0.15) is 0 Å². The Morgan fingerprint density at radius 2 is 1.87 bits per heavy atom. The first kappa shape index (κ1) is 10.9. The van der Waals surface area contributed by atoms with Gasteiger partial charge in [0, 0.05) is 5.02 Å². The Labute approximate surface area is 95.1 Å². The Kier molecular flexibility index (Phi) is 3.29. The molecule has 1 aliphatic carbocycles. The molecular weight excluding hydrogens is 210 g/mol. The zero-order valence-electron chi connectivity index (χ0n) is 8.57. The molecule has 15 heavy (non-hydrogen) atoms. The van der Waals surface area contributed by atoms with Crippen LogP contribution in [0.3, 0.4) is 0 Å². The number of hydrogen-bond acceptors (Lipinski definition) is 2. The number of benzene rings is 1. The fourth-order valence-electron chi connectivity index (χ4n) is 1.96. The smallest absolute Gasteiger partial charge is 0.0760 e. The summed E-state index contributed by atoms with van der Waals surface area (Å²) >= 11 is 5.79. The van der Waals surface area contributed by atoms with Gasteiger partial charge in [-0.05, 0) is 36.5 Å². The quantitative estimate of drug-likeness (QED) is 0.831. The van der Waals surface area contributed by atoms with Gasteiger partial charge in [-0.25, -0.2) is 0 Å². The summed E-state index contributed by atoms with van der Waals surface area (Å²) in [5.41, 5.74) is 6.96. The highest BCUT2D eigenvalue weighted by atomic mass is 35.5. The molecule has 0 unspecified atom stereocenters. The third-order valence-electron chi connectivity index (χ3n) is 3.26. The lowest BCUT2D eigenvalue weighted by Crippen LogP contribution is -2.36. The van der Waals surface area contributed by atoms with E-state index in [1.54, 1.807) is 0 Å². The fourth-order valence-corrected chi connectivity index (χ4v) is 2.08. The summed E-state index contributed by atoms with van der Waals surface area (Å²) < 4.78 is 0. The highest BCUT2D eigenvalue weighted by molar-refractivity contribution is 6.30. The SMILES string of the molecule is N[C@H](c1ccc(Cl)cc1)[C@@H](O)C1CCC1. The summed E-state index contributed by atoms with van der Waals surface area (Å²) in [6.07, 6.45) is 3.00. The van der Waals surface area contributed by atoms with Crippen LogP contribution in [0.15, 0.2) is 24.3 Å². The standard InChI is InChI=1S/C12H16ClNO/c13-10-6-4-8(5-7-10)11(14)12(15)9-2-1-3-9/h4-7,9,11-12,15H,1-3,14H2/t11-,12+/m1/s1. The van der Waals surface area contributed by atoms with Crippen LogP contribution in [0, 0.1) is 5.92 Å². The molecule has 0 aromatic heterocycles. The Hall–Kier alpha value is -0.570. The van der Waals surface area contributed by atoms with Crippen molar-refractivity contribution in [2.45, 2.75) is 31.4 Å². The first-order valence-electron chi connectivity index (χ1n) is 5.37. The van der Waals surface area contributed by atoms with Crippen LogP contribution in [0.2, 0.25) is 5.02 Å². The average Bonchev–Trinajstić information content (AvgIpc) is 2.15. The predicted molar refractivity (Wildman–Crippen MR) is 61.7 cm³/mol. The van der Waals surface area contributed by atoms with E-state index < -0.39 is 6.10 Å². The van der Waals surface area contributed by atoms with Gasteiger partial charge in [0.15, 0.2) is 0 Å². The van der Waals surface area contributed by atoms with E-state index in [4.69, 9.17) is 17.3 Å². The number of aliphatic hydroxyl groups is 1. The van der Waals surface area contributed by atoms with Gasteiger partial charge in [0.25, 0.3) is 0 Å². The van der Waals surface area contributed by atoms with Crippen LogP contribution in [-0.2, 0) is 0 Å². The highest BCUT2D eigenvalue weighted by Crippen LogP contribution is 2.34. The molecule has 3 heteroatoms. The molecule has 0 aliphatic heterocycles. The Morgan fingerprint density at radius 3 is 2.33 bits per heavy atom. The monoisotopic (exact) mass is 225 g/mol. The van der Waals surface area contributed by atoms with Crippen LogP contribution in [0.1, 0.15) is 30.9 Å². The predicted octanol–water partition coefficient (Wildman–Crippen LogP) is 2.50. The van der Waals surface area contributed by atoms with Crippen molar-refractivity contribution in [2.75, 3.05) is 0 Å². The molecule has 0 radical (unpaired) electrons. The van der Waals surface area contributed by atoms with Gasteiger partial charge in [0.05, 0.1) is 12.1 Å². The zero-order chi connectivity index (χ0) is 10.8. The first-order chi connectivity index (χ1) is 7.18. The van der Waals surface area contributed by atoms with E-state index in [2.05, 4.69) is 0 Å². The molecule has 2 nitrogen and oxygen atoms in total. The van der Waals surface area contributed by atoms with Crippen molar-refractivity contribution < 1.29 is 5.11 Å². The van der Waals surface area contributed by atoms with Gasteiger partial charge in [0.1, 0.15) is 0 Å². The van der Waals surface area contributed by atoms with Crippen molar-refractivity contribution in [3.8, 4) is 0 Å². The van der Waals surface area contributed by atoms with E-state index in [0.29, 0.717) is 10.9 Å². The van der Waals surface area contributed by atoms with Gasteiger partial charge >= 0.3 is 0 Å². The van der Waals surface area contributed by atoms with Gasteiger partial charge in [-0.15, -0.1) is 0 Å². The summed E-state index contributed by atoms with van der Waals surface area (Å²) in [6.45, 7) is 0. The Bertz CT molecular complexity index is 321. The van der Waals surface area contributed by atoms with E-state index in [0.717, 1.165) is 18.4 Å². The molecule has 0 amide bonds. The van der Waals surface area contributed by atoms with E-state index in [1.807, 2.05) is 24.3 Å². The van der Waals surface area contributed by atoms with Crippen molar-refractivity contribution in [1.82, 2.24) is 0 Å². The molecule has 2 atom stereocenters. The molecule has 1 aromatic carbocycles. The van der Waals surface area contributed by atoms with Crippen molar-refractivity contribution in [1.29, 1.82) is 0 Å². The molecule has 0 saturated heterocycles. The van der Waals surface area contributed by atoms with Gasteiger partial charge < -0.3 is 10.8 Å². The Morgan fingerprint density at radius 1 is 1.27 bits per heavy atom. The average molecular weight is 226 g/mol.